The topological polar surface area (TPSA) is 66.8 Å². The summed E-state index contributed by atoms with van der Waals surface area (Å²) in [6.07, 6.45) is 0.562. The van der Waals surface area contributed by atoms with E-state index >= 15 is 0 Å². The van der Waals surface area contributed by atoms with Crippen molar-refractivity contribution in [3.8, 4) is 11.1 Å². The van der Waals surface area contributed by atoms with Crippen LogP contribution in [0.25, 0.3) is 11.1 Å². The summed E-state index contributed by atoms with van der Waals surface area (Å²) in [5, 5.41) is 9.81. The molecule has 0 unspecified atom stereocenters. The van der Waals surface area contributed by atoms with Crippen LogP contribution in [0, 0.1) is 0 Å². The lowest BCUT2D eigenvalue weighted by atomic mass is 9.85. The molecule has 1 amide bonds. The summed E-state index contributed by atoms with van der Waals surface area (Å²) in [4.78, 5) is 26.3. The van der Waals surface area contributed by atoms with Crippen molar-refractivity contribution in [3.05, 3.63) is 95.6 Å². The van der Waals surface area contributed by atoms with Gasteiger partial charge in [0.25, 0.3) is 0 Å². The van der Waals surface area contributed by atoms with Crippen LogP contribution in [0.2, 0.25) is 0 Å². The van der Waals surface area contributed by atoms with Gasteiger partial charge in [-0.3, -0.25) is 4.90 Å². The van der Waals surface area contributed by atoms with Gasteiger partial charge in [0, 0.05) is 12.5 Å². The van der Waals surface area contributed by atoms with Gasteiger partial charge in [0.15, 0.2) is 0 Å². The van der Waals surface area contributed by atoms with Crippen LogP contribution >= 0.6 is 0 Å². The number of carbonyl (C=O) groups excluding carboxylic acids is 1. The standard InChI is InChI=1S/C27H25NO4/c29-26(30)25-16-19(18-8-2-1-3-9-18)14-15-28(25)27(31)32-17-24-22-12-6-4-10-20(22)21-11-5-7-13-23(21)24/h1-13,19,24-25H,14-17H2,(H,29,30)/t19-,25+/m1/s1. The van der Waals surface area contributed by atoms with Crippen molar-refractivity contribution in [3.63, 3.8) is 0 Å². The third-order valence-corrected chi connectivity index (χ3v) is 6.73. The molecule has 1 fully saturated rings. The molecule has 0 saturated carbocycles. The second kappa shape index (κ2) is 8.50. The maximum Gasteiger partial charge on any atom is 0.410 e. The molecular weight excluding hydrogens is 402 g/mol. The Morgan fingerprint density at radius 3 is 2.09 bits per heavy atom. The number of carbonyl (C=O) groups is 2. The molecule has 2 aliphatic rings. The minimum absolute atomic E-state index is 0.0449. The average molecular weight is 428 g/mol. The first kappa shape index (κ1) is 20.3. The molecule has 3 aromatic carbocycles. The number of nitrogens with zero attached hydrogens (tertiary/aromatic N) is 1. The molecule has 1 saturated heterocycles. The molecule has 0 spiro atoms. The summed E-state index contributed by atoms with van der Waals surface area (Å²) in [7, 11) is 0. The third kappa shape index (κ3) is 3.64. The van der Waals surface area contributed by atoms with Gasteiger partial charge >= 0.3 is 12.1 Å². The maximum absolute atomic E-state index is 13.0. The maximum atomic E-state index is 13.0. The van der Waals surface area contributed by atoms with E-state index in [-0.39, 0.29) is 18.4 Å². The summed E-state index contributed by atoms with van der Waals surface area (Å²) in [5.74, 6) is -0.912. The van der Waals surface area contributed by atoms with E-state index in [1.807, 2.05) is 54.6 Å². The molecule has 5 heteroatoms. The Hall–Kier alpha value is -3.60. The highest BCUT2D eigenvalue weighted by Crippen LogP contribution is 2.44. The minimum atomic E-state index is -0.987. The van der Waals surface area contributed by atoms with Crippen LogP contribution in [0.15, 0.2) is 78.9 Å². The van der Waals surface area contributed by atoms with E-state index in [0.29, 0.717) is 13.0 Å². The van der Waals surface area contributed by atoms with Gasteiger partial charge in [-0.2, -0.15) is 0 Å². The lowest BCUT2D eigenvalue weighted by Crippen LogP contribution is -2.50. The minimum Gasteiger partial charge on any atom is -0.480 e. The van der Waals surface area contributed by atoms with E-state index in [2.05, 4.69) is 24.3 Å². The van der Waals surface area contributed by atoms with E-state index < -0.39 is 18.1 Å². The largest absolute Gasteiger partial charge is 0.480 e. The van der Waals surface area contributed by atoms with Gasteiger partial charge in [-0.15, -0.1) is 0 Å². The van der Waals surface area contributed by atoms with Crippen LogP contribution in [0.5, 0.6) is 0 Å². The number of ether oxygens (including phenoxy) is 1. The zero-order valence-corrected chi connectivity index (χ0v) is 17.7. The van der Waals surface area contributed by atoms with Gasteiger partial charge in [0.1, 0.15) is 12.6 Å². The number of hydrogen-bond donors (Lipinski definition) is 1. The first-order chi connectivity index (χ1) is 15.6. The highest BCUT2D eigenvalue weighted by Gasteiger charge is 2.38. The predicted molar refractivity (Wildman–Crippen MR) is 122 cm³/mol. The Labute approximate surface area is 187 Å². The molecule has 1 aliphatic heterocycles. The van der Waals surface area contributed by atoms with Crippen molar-refractivity contribution in [1.29, 1.82) is 0 Å². The average Bonchev–Trinajstić information content (AvgIpc) is 3.16. The summed E-state index contributed by atoms with van der Waals surface area (Å²) in [5.41, 5.74) is 5.72. The van der Waals surface area contributed by atoms with Crippen LogP contribution in [0.3, 0.4) is 0 Å². The Balaban J connectivity index is 1.31. The number of fused-ring (bicyclic) bond motifs is 3. The van der Waals surface area contributed by atoms with E-state index in [4.69, 9.17) is 4.74 Å². The molecule has 0 aromatic heterocycles. The second-order valence-corrected chi connectivity index (χ2v) is 8.48. The number of carboxylic acid groups (broad SMARTS) is 1. The number of amides is 1. The smallest absolute Gasteiger partial charge is 0.410 e. The lowest BCUT2D eigenvalue weighted by Gasteiger charge is -2.36. The van der Waals surface area contributed by atoms with E-state index in [1.54, 1.807) is 0 Å². The highest BCUT2D eigenvalue weighted by atomic mass is 16.6. The van der Waals surface area contributed by atoms with Gasteiger partial charge in [-0.1, -0.05) is 78.9 Å². The monoisotopic (exact) mass is 427 g/mol. The van der Waals surface area contributed by atoms with Crippen LogP contribution in [0.1, 0.15) is 41.4 Å². The molecule has 1 N–H and O–H groups in total. The van der Waals surface area contributed by atoms with Gasteiger partial charge in [0.05, 0.1) is 0 Å². The Kier molecular flexibility index (Phi) is 5.39. The van der Waals surface area contributed by atoms with Gasteiger partial charge < -0.3 is 9.84 Å². The van der Waals surface area contributed by atoms with Crippen molar-refractivity contribution in [2.45, 2.75) is 30.7 Å². The lowest BCUT2D eigenvalue weighted by molar-refractivity contribution is -0.144. The molecule has 1 heterocycles. The van der Waals surface area contributed by atoms with Crippen LogP contribution < -0.4 is 0 Å². The van der Waals surface area contributed by atoms with Crippen molar-refractivity contribution >= 4 is 12.1 Å². The fourth-order valence-corrected chi connectivity index (χ4v) is 5.12. The van der Waals surface area contributed by atoms with Crippen LogP contribution in [0.4, 0.5) is 4.79 Å². The van der Waals surface area contributed by atoms with Crippen molar-refractivity contribution in [2.75, 3.05) is 13.2 Å². The molecule has 5 rings (SSSR count). The highest BCUT2D eigenvalue weighted by molar-refractivity contribution is 5.81. The van der Waals surface area contributed by atoms with E-state index in [9.17, 15) is 14.7 Å². The number of aliphatic carboxylic acids is 1. The van der Waals surface area contributed by atoms with Crippen molar-refractivity contribution < 1.29 is 19.4 Å². The van der Waals surface area contributed by atoms with Crippen LogP contribution in [-0.4, -0.2) is 41.3 Å². The van der Waals surface area contributed by atoms with E-state index in [0.717, 1.165) is 34.2 Å². The fourth-order valence-electron chi connectivity index (χ4n) is 5.12. The molecule has 0 radical (unpaired) electrons. The predicted octanol–water partition coefficient (Wildman–Crippen LogP) is 5.27. The van der Waals surface area contributed by atoms with Crippen molar-refractivity contribution in [2.24, 2.45) is 0 Å². The zero-order chi connectivity index (χ0) is 22.1. The Bertz CT molecular complexity index is 1100. The molecule has 2 atom stereocenters. The Morgan fingerprint density at radius 2 is 1.47 bits per heavy atom. The molecule has 3 aromatic rings. The van der Waals surface area contributed by atoms with Crippen molar-refractivity contribution in [1.82, 2.24) is 4.90 Å². The van der Waals surface area contributed by atoms with Crippen LogP contribution in [-0.2, 0) is 9.53 Å². The first-order valence-corrected chi connectivity index (χ1v) is 11.0. The molecule has 5 nitrogen and oxygen atoms in total. The summed E-state index contributed by atoms with van der Waals surface area (Å²) < 4.78 is 5.72. The van der Waals surface area contributed by atoms with Gasteiger partial charge in [-0.25, -0.2) is 9.59 Å². The number of piperidine rings is 1. The molecular formula is C27H25NO4. The molecule has 1 aliphatic carbocycles. The number of rotatable bonds is 4. The van der Waals surface area contributed by atoms with E-state index in [1.165, 1.54) is 4.90 Å². The zero-order valence-electron chi connectivity index (χ0n) is 17.7. The first-order valence-electron chi connectivity index (χ1n) is 11.0. The summed E-state index contributed by atoms with van der Waals surface area (Å²) in [6, 6.07) is 25.4. The fraction of sp³-hybridized carbons (Fsp3) is 0.259. The summed E-state index contributed by atoms with van der Waals surface area (Å²) in [6.45, 7) is 0.561. The molecule has 32 heavy (non-hydrogen) atoms. The number of hydrogen-bond acceptors (Lipinski definition) is 3. The molecule has 162 valence electrons. The second-order valence-electron chi connectivity index (χ2n) is 8.48. The molecule has 0 bridgehead atoms. The normalized spacial score (nSPS) is 19.8. The quantitative estimate of drug-likeness (QED) is 0.616. The number of likely N-dealkylation sites (tertiary alicyclic amines) is 1. The number of carboxylic acids is 1. The van der Waals surface area contributed by atoms with Gasteiger partial charge in [-0.05, 0) is 46.6 Å². The SMILES string of the molecule is O=C(O)[C@@H]1C[C@H](c2ccccc2)CCN1C(=O)OCC1c2ccccc2-c2ccccc21. The number of benzene rings is 3. The third-order valence-electron chi connectivity index (χ3n) is 6.73. The Morgan fingerprint density at radius 1 is 0.875 bits per heavy atom. The summed E-state index contributed by atoms with van der Waals surface area (Å²) >= 11 is 0. The van der Waals surface area contributed by atoms with Gasteiger partial charge in [0.2, 0.25) is 0 Å².